The fourth-order valence-electron chi connectivity index (χ4n) is 2.81. The summed E-state index contributed by atoms with van der Waals surface area (Å²) in [6, 6.07) is 0. The fraction of sp³-hybridized carbons (Fsp3) is 0.833. The molecule has 1 atom stereocenters. The van der Waals surface area contributed by atoms with E-state index in [1.54, 1.807) is 4.68 Å². The number of carbonyl (C=O) groups is 1. The van der Waals surface area contributed by atoms with Crippen LogP contribution in [0.5, 0.6) is 0 Å². The van der Waals surface area contributed by atoms with E-state index in [1.165, 1.54) is 0 Å². The molecule has 1 aromatic rings. The van der Waals surface area contributed by atoms with Gasteiger partial charge in [-0.25, -0.2) is 4.68 Å². The Balaban J connectivity index is 1.82. The van der Waals surface area contributed by atoms with Crippen molar-refractivity contribution >= 4 is 5.97 Å². The highest BCUT2D eigenvalue weighted by molar-refractivity contribution is 5.75. The minimum Gasteiger partial charge on any atom is -0.481 e. The van der Waals surface area contributed by atoms with Crippen LogP contribution < -0.4 is 0 Å². The van der Waals surface area contributed by atoms with Crippen molar-refractivity contribution in [3.63, 3.8) is 0 Å². The number of hydrogen-bond acceptors (Lipinski definition) is 4. The van der Waals surface area contributed by atoms with Crippen molar-refractivity contribution in [2.45, 2.75) is 52.0 Å². The van der Waals surface area contributed by atoms with Crippen LogP contribution in [-0.2, 0) is 11.3 Å². The molecule has 1 aromatic heterocycles. The molecule has 0 saturated heterocycles. The summed E-state index contributed by atoms with van der Waals surface area (Å²) in [5.74, 6) is 0.510. The highest BCUT2D eigenvalue weighted by Gasteiger charge is 2.51. The van der Waals surface area contributed by atoms with E-state index in [1.807, 2.05) is 0 Å². The maximum Gasteiger partial charge on any atom is 0.311 e. The molecule has 0 spiro atoms. The van der Waals surface area contributed by atoms with Gasteiger partial charge in [0.05, 0.1) is 12.0 Å². The normalized spacial score (nSPS) is 27.6. The number of carboxylic acid groups (broad SMARTS) is 1. The Morgan fingerprint density at radius 2 is 2.17 bits per heavy atom. The summed E-state index contributed by atoms with van der Waals surface area (Å²) in [7, 11) is 0. The number of nitrogens with zero attached hydrogens (tertiary/aromatic N) is 4. The van der Waals surface area contributed by atoms with E-state index in [0.717, 1.165) is 31.5 Å². The van der Waals surface area contributed by atoms with Gasteiger partial charge >= 0.3 is 5.97 Å². The standard InChI is InChI=1S/C12H18N4O2/c1-11(2)6-8(11)9-13-14-15-16(9)7-12(10(17)18)4-3-5-12/h8H,3-7H2,1-2H3,(H,17,18). The zero-order valence-corrected chi connectivity index (χ0v) is 10.8. The number of aliphatic carboxylic acids is 1. The third kappa shape index (κ3) is 1.62. The maximum atomic E-state index is 11.4. The van der Waals surface area contributed by atoms with Gasteiger partial charge in [-0.1, -0.05) is 20.3 Å². The van der Waals surface area contributed by atoms with Crippen LogP contribution in [0.1, 0.15) is 51.3 Å². The summed E-state index contributed by atoms with van der Waals surface area (Å²) < 4.78 is 1.71. The maximum absolute atomic E-state index is 11.4. The van der Waals surface area contributed by atoms with Crippen molar-refractivity contribution in [3.8, 4) is 0 Å². The van der Waals surface area contributed by atoms with Gasteiger partial charge in [0.25, 0.3) is 0 Å². The third-order valence-electron chi connectivity index (χ3n) is 4.60. The topological polar surface area (TPSA) is 80.9 Å². The van der Waals surface area contributed by atoms with Crippen LogP contribution in [0.3, 0.4) is 0 Å². The first kappa shape index (κ1) is 11.6. The van der Waals surface area contributed by atoms with Crippen LogP contribution in [0, 0.1) is 10.8 Å². The molecule has 6 heteroatoms. The fourth-order valence-corrected chi connectivity index (χ4v) is 2.81. The lowest BCUT2D eigenvalue weighted by Gasteiger charge is -2.37. The number of aromatic nitrogens is 4. The highest BCUT2D eigenvalue weighted by atomic mass is 16.4. The number of tetrazole rings is 1. The summed E-state index contributed by atoms with van der Waals surface area (Å²) in [4.78, 5) is 11.4. The van der Waals surface area contributed by atoms with Crippen molar-refractivity contribution < 1.29 is 9.90 Å². The van der Waals surface area contributed by atoms with Crippen molar-refractivity contribution in [1.29, 1.82) is 0 Å². The average molecular weight is 250 g/mol. The molecular formula is C12H18N4O2. The largest absolute Gasteiger partial charge is 0.481 e. The molecule has 1 N–H and O–H groups in total. The summed E-state index contributed by atoms with van der Waals surface area (Å²) in [6.45, 7) is 4.79. The summed E-state index contributed by atoms with van der Waals surface area (Å²) in [6.07, 6.45) is 3.53. The molecule has 3 rings (SSSR count). The highest BCUT2D eigenvalue weighted by Crippen LogP contribution is 2.58. The molecule has 1 heterocycles. The minimum absolute atomic E-state index is 0.252. The number of hydrogen-bond donors (Lipinski definition) is 1. The van der Waals surface area contributed by atoms with Crippen LogP contribution in [-0.4, -0.2) is 31.3 Å². The van der Waals surface area contributed by atoms with Crippen LogP contribution in [0.15, 0.2) is 0 Å². The van der Waals surface area contributed by atoms with E-state index in [0.29, 0.717) is 12.5 Å². The van der Waals surface area contributed by atoms with Crippen molar-refractivity contribution in [2.75, 3.05) is 0 Å². The molecular weight excluding hydrogens is 232 g/mol. The zero-order chi connectivity index (χ0) is 13.0. The number of rotatable bonds is 4. The molecule has 0 bridgehead atoms. The first-order valence-electron chi connectivity index (χ1n) is 6.44. The van der Waals surface area contributed by atoms with Gasteiger partial charge in [0.2, 0.25) is 0 Å². The molecule has 0 aliphatic heterocycles. The Labute approximate surface area is 105 Å². The lowest BCUT2D eigenvalue weighted by molar-refractivity contribution is -0.156. The molecule has 0 radical (unpaired) electrons. The molecule has 2 saturated carbocycles. The van der Waals surface area contributed by atoms with E-state index in [-0.39, 0.29) is 5.41 Å². The van der Waals surface area contributed by atoms with Gasteiger partial charge in [-0.3, -0.25) is 4.79 Å². The van der Waals surface area contributed by atoms with Crippen LogP contribution in [0.2, 0.25) is 0 Å². The average Bonchev–Trinajstić information content (AvgIpc) is 2.69. The molecule has 0 aromatic carbocycles. The second-order valence-electron chi connectivity index (χ2n) is 6.38. The van der Waals surface area contributed by atoms with Gasteiger partial charge in [0.15, 0.2) is 5.82 Å². The Hall–Kier alpha value is -1.46. The van der Waals surface area contributed by atoms with E-state index < -0.39 is 11.4 Å². The van der Waals surface area contributed by atoms with Gasteiger partial charge in [-0.05, 0) is 35.1 Å². The third-order valence-corrected chi connectivity index (χ3v) is 4.60. The molecule has 2 aliphatic carbocycles. The first-order chi connectivity index (χ1) is 8.45. The molecule has 2 aliphatic rings. The molecule has 18 heavy (non-hydrogen) atoms. The quantitative estimate of drug-likeness (QED) is 0.874. The van der Waals surface area contributed by atoms with Gasteiger partial charge in [0, 0.05) is 5.92 Å². The number of carboxylic acids is 1. The Kier molecular flexibility index (Phi) is 2.27. The smallest absolute Gasteiger partial charge is 0.311 e. The predicted molar refractivity (Wildman–Crippen MR) is 62.9 cm³/mol. The monoisotopic (exact) mass is 250 g/mol. The van der Waals surface area contributed by atoms with Crippen molar-refractivity contribution in [3.05, 3.63) is 5.82 Å². The SMILES string of the molecule is CC1(C)CC1c1nnnn1CC1(C(=O)O)CCC1. The van der Waals surface area contributed by atoms with Gasteiger partial charge in [0.1, 0.15) is 0 Å². The second-order valence-corrected chi connectivity index (χ2v) is 6.38. The van der Waals surface area contributed by atoms with E-state index in [9.17, 15) is 9.90 Å². The summed E-state index contributed by atoms with van der Waals surface area (Å²) in [5.41, 5.74) is -0.383. The van der Waals surface area contributed by atoms with Gasteiger partial charge < -0.3 is 5.11 Å². The second kappa shape index (κ2) is 3.52. The lowest BCUT2D eigenvalue weighted by atomic mass is 9.69. The van der Waals surface area contributed by atoms with Gasteiger partial charge in [-0.15, -0.1) is 5.10 Å². The van der Waals surface area contributed by atoms with Crippen LogP contribution in [0.25, 0.3) is 0 Å². The van der Waals surface area contributed by atoms with Crippen LogP contribution in [0.4, 0.5) is 0 Å². The van der Waals surface area contributed by atoms with Crippen molar-refractivity contribution in [1.82, 2.24) is 20.2 Å². The molecule has 6 nitrogen and oxygen atoms in total. The molecule has 2 fully saturated rings. The molecule has 0 amide bonds. The van der Waals surface area contributed by atoms with E-state index in [4.69, 9.17) is 0 Å². The van der Waals surface area contributed by atoms with E-state index >= 15 is 0 Å². The summed E-state index contributed by atoms with van der Waals surface area (Å²) in [5, 5.41) is 21.1. The Bertz CT molecular complexity index is 490. The summed E-state index contributed by atoms with van der Waals surface area (Å²) >= 11 is 0. The molecule has 1 unspecified atom stereocenters. The minimum atomic E-state index is -0.717. The lowest BCUT2D eigenvalue weighted by Crippen LogP contribution is -2.42. The van der Waals surface area contributed by atoms with Crippen LogP contribution >= 0.6 is 0 Å². The van der Waals surface area contributed by atoms with Gasteiger partial charge in [-0.2, -0.15) is 0 Å². The predicted octanol–water partition coefficient (Wildman–Crippen LogP) is 1.44. The first-order valence-corrected chi connectivity index (χ1v) is 6.44. The zero-order valence-electron chi connectivity index (χ0n) is 10.8. The van der Waals surface area contributed by atoms with Crippen molar-refractivity contribution in [2.24, 2.45) is 10.8 Å². The van der Waals surface area contributed by atoms with E-state index in [2.05, 4.69) is 29.4 Å². The molecule has 98 valence electrons. The Morgan fingerprint density at radius 3 is 2.61 bits per heavy atom. The Morgan fingerprint density at radius 1 is 1.50 bits per heavy atom.